The second-order valence-electron chi connectivity index (χ2n) is 7.11. The van der Waals surface area contributed by atoms with Crippen LogP contribution in [-0.4, -0.2) is 18.8 Å². The number of allylic oxidation sites excluding steroid dienone is 1. The SMILES string of the molecule is C=C1c2c(O)cc(OC)cc2OCC1CCCC(C)CC.C=CC.CC.CCC. The Kier molecular flexibility index (Phi) is 18.3. The molecule has 168 valence electrons. The van der Waals surface area contributed by atoms with Crippen LogP contribution in [0.5, 0.6) is 17.2 Å². The van der Waals surface area contributed by atoms with Gasteiger partial charge >= 0.3 is 0 Å². The number of ether oxygens (including phenoxy) is 2. The zero-order valence-corrected chi connectivity index (χ0v) is 20.3. The third kappa shape index (κ3) is 11.0. The third-order valence-electron chi connectivity index (χ3n) is 4.49. The van der Waals surface area contributed by atoms with Crippen LogP contribution in [0.25, 0.3) is 5.57 Å². The summed E-state index contributed by atoms with van der Waals surface area (Å²) in [4.78, 5) is 0. The van der Waals surface area contributed by atoms with Gasteiger partial charge in [-0.15, -0.1) is 6.58 Å². The first-order chi connectivity index (χ1) is 13.9. The topological polar surface area (TPSA) is 38.7 Å². The van der Waals surface area contributed by atoms with E-state index < -0.39 is 0 Å². The largest absolute Gasteiger partial charge is 0.507 e. The molecule has 1 heterocycles. The Morgan fingerprint density at radius 3 is 2.31 bits per heavy atom. The summed E-state index contributed by atoms with van der Waals surface area (Å²) in [6, 6.07) is 3.44. The molecule has 1 N–H and O–H groups in total. The number of fused-ring (bicyclic) bond motifs is 1. The molecule has 1 aromatic carbocycles. The van der Waals surface area contributed by atoms with E-state index in [0.29, 0.717) is 24.0 Å². The van der Waals surface area contributed by atoms with Crippen molar-refractivity contribution in [2.45, 2.75) is 80.6 Å². The molecule has 29 heavy (non-hydrogen) atoms. The highest BCUT2D eigenvalue weighted by Gasteiger charge is 2.27. The molecule has 0 aromatic heterocycles. The van der Waals surface area contributed by atoms with E-state index >= 15 is 0 Å². The molecule has 0 fully saturated rings. The average Bonchev–Trinajstić information content (AvgIpc) is 2.71. The van der Waals surface area contributed by atoms with Crippen LogP contribution < -0.4 is 9.47 Å². The fourth-order valence-electron chi connectivity index (χ4n) is 2.80. The fraction of sp³-hybridized carbons (Fsp3) is 0.615. The molecule has 0 saturated carbocycles. The number of hydrogen-bond donors (Lipinski definition) is 1. The predicted octanol–water partition coefficient (Wildman–Crippen LogP) is 8.27. The number of phenols is 1. The van der Waals surface area contributed by atoms with Gasteiger partial charge < -0.3 is 14.6 Å². The smallest absolute Gasteiger partial charge is 0.134 e. The van der Waals surface area contributed by atoms with Crippen LogP contribution >= 0.6 is 0 Å². The third-order valence-corrected chi connectivity index (χ3v) is 4.49. The Balaban J connectivity index is 0. The zero-order valence-electron chi connectivity index (χ0n) is 20.3. The Morgan fingerprint density at radius 2 is 1.83 bits per heavy atom. The van der Waals surface area contributed by atoms with Crippen LogP contribution in [0.1, 0.15) is 86.1 Å². The fourth-order valence-corrected chi connectivity index (χ4v) is 2.80. The second-order valence-corrected chi connectivity index (χ2v) is 7.11. The van der Waals surface area contributed by atoms with E-state index in [-0.39, 0.29) is 5.75 Å². The Hall–Kier alpha value is -1.90. The number of aromatic hydroxyl groups is 1. The highest BCUT2D eigenvalue weighted by atomic mass is 16.5. The molecule has 1 aromatic rings. The van der Waals surface area contributed by atoms with Gasteiger partial charge in [0.15, 0.2) is 0 Å². The number of methoxy groups -OCH3 is 1. The van der Waals surface area contributed by atoms with Crippen LogP contribution in [0.15, 0.2) is 31.4 Å². The molecule has 0 spiro atoms. The molecule has 0 amide bonds. The number of hydrogen-bond acceptors (Lipinski definition) is 3. The van der Waals surface area contributed by atoms with Crippen molar-refractivity contribution in [2.75, 3.05) is 13.7 Å². The Bertz CT molecular complexity index is 563. The summed E-state index contributed by atoms with van der Waals surface area (Å²) >= 11 is 0. The van der Waals surface area contributed by atoms with Crippen LogP contribution in [0.3, 0.4) is 0 Å². The molecule has 0 bridgehead atoms. The van der Waals surface area contributed by atoms with E-state index in [9.17, 15) is 5.11 Å². The molecule has 0 aliphatic carbocycles. The van der Waals surface area contributed by atoms with Crippen molar-refractivity contribution in [3.8, 4) is 17.2 Å². The molecule has 2 rings (SSSR count). The maximum Gasteiger partial charge on any atom is 0.134 e. The minimum Gasteiger partial charge on any atom is -0.507 e. The highest BCUT2D eigenvalue weighted by Crippen LogP contribution is 2.44. The van der Waals surface area contributed by atoms with E-state index in [0.717, 1.165) is 23.5 Å². The number of benzene rings is 1. The lowest BCUT2D eigenvalue weighted by Crippen LogP contribution is -2.20. The molecule has 3 heteroatoms. The molecular weight excluding hydrogens is 360 g/mol. The summed E-state index contributed by atoms with van der Waals surface area (Å²) < 4.78 is 11.0. The first kappa shape index (κ1) is 29.3. The van der Waals surface area contributed by atoms with Crippen molar-refractivity contribution in [1.29, 1.82) is 0 Å². The van der Waals surface area contributed by atoms with Crippen LogP contribution in [0.4, 0.5) is 0 Å². The van der Waals surface area contributed by atoms with E-state index in [4.69, 9.17) is 9.47 Å². The monoisotopic (exact) mass is 406 g/mol. The van der Waals surface area contributed by atoms with Crippen molar-refractivity contribution >= 4 is 5.57 Å². The van der Waals surface area contributed by atoms with Gasteiger partial charge in [-0.2, -0.15) is 0 Å². The minimum absolute atomic E-state index is 0.195. The molecule has 1 aliphatic heterocycles. The van der Waals surface area contributed by atoms with Gasteiger partial charge in [0, 0.05) is 18.1 Å². The van der Waals surface area contributed by atoms with Gasteiger partial charge in [0.1, 0.15) is 17.2 Å². The van der Waals surface area contributed by atoms with Gasteiger partial charge in [0.2, 0.25) is 0 Å². The molecule has 0 saturated heterocycles. The van der Waals surface area contributed by atoms with E-state index in [2.05, 4.69) is 40.9 Å². The van der Waals surface area contributed by atoms with Gasteiger partial charge in [-0.05, 0) is 24.8 Å². The van der Waals surface area contributed by atoms with Crippen LogP contribution in [-0.2, 0) is 0 Å². The van der Waals surface area contributed by atoms with Gasteiger partial charge in [0.25, 0.3) is 0 Å². The maximum atomic E-state index is 10.2. The molecule has 2 atom stereocenters. The second kappa shape index (κ2) is 18.1. The maximum absolute atomic E-state index is 10.2. The predicted molar refractivity (Wildman–Crippen MR) is 129 cm³/mol. The molecule has 0 radical (unpaired) electrons. The summed E-state index contributed by atoms with van der Waals surface area (Å²) in [6.45, 7) is 22.9. The zero-order chi connectivity index (χ0) is 22.8. The van der Waals surface area contributed by atoms with E-state index in [1.165, 1.54) is 25.7 Å². The first-order valence-electron chi connectivity index (χ1n) is 11.2. The normalized spacial score (nSPS) is 14.9. The Morgan fingerprint density at radius 1 is 1.28 bits per heavy atom. The standard InChI is InChI=1S/C18H26O3.C3H8.C3H6.C2H6/c1-5-12(2)7-6-8-14-11-21-17-10-15(20-4)9-16(19)18(17)13(14)3;2*1-3-2;1-2/h9-10,12,14,19H,3,5-8,11H2,1-2,4H3;3H2,1-2H3;3H,1H2,2H3;1-2H3. The quantitative estimate of drug-likeness (QED) is 0.483. The first-order valence-corrected chi connectivity index (χ1v) is 11.2. The lowest BCUT2D eigenvalue weighted by molar-refractivity contribution is 0.251. The lowest BCUT2D eigenvalue weighted by atomic mass is 9.86. The van der Waals surface area contributed by atoms with Crippen molar-refractivity contribution in [3.05, 3.63) is 36.9 Å². The van der Waals surface area contributed by atoms with Gasteiger partial charge in [0.05, 0.1) is 19.3 Å². The molecule has 2 unspecified atom stereocenters. The molecule has 3 nitrogen and oxygen atoms in total. The van der Waals surface area contributed by atoms with Crippen molar-refractivity contribution in [3.63, 3.8) is 0 Å². The van der Waals surface area contributed by atoms with Gasteiger partial charge in [-0.1, -0.05) is 79.9 Å². The molecule has 1 aliphatic rings. The lowest BCUT2D eigenvalue weighted by Gasteiger charge is -2.28. The summed E-state index contributed by atoms with van der Waals surface area (Å²) in [6.07, 6.45) is 7.70. The van der Waals surface area contributed by atoms with Crippen LogP contribution in [0.2, 0.25) is 0 Å². The van der Waals surface area contributed by atoms with E-state index in [1.54, 1.807) is 19.3 Å². The highest BCUT2D eigenvalue weighted by molar-refractivity contribution is 5.77. The molecular formula is C26H46O3. The van der Waals surface area contributed by atoms with E-state index in [1.807, 2.05) is 26.8 Å². The minimum atomic E-state index is 0.195. The van der Waals surface area contributed by atoms with Crippen molar-refractivity contribution in [1.82, 2.24) is 0 Å². The Labute approximate surface area is 180 Å². The van der Waals surface area contributed by atoms with Gasteiger partial charge in [-0.3, -0.25) is 0 Å². The summed E-state index contributed by atoms with van der Waals surface area (Å²) in [7, 11) is 1.58. The van der Waals surface area contributed by atoms with Gasteiger partial charge in [-0.25, -0.2) is 0 Å². The summed E-state index contributed by atoms with van der Waals surface area (Å²) in [5, 5.41) is 10.2. The van der Waals surface area contributed by atoms with Crippen LogP contribution in [0, 0.1) is 11.8 Å². The summed E-state index contributed by atoms with van der Waals surface area (Å²) in [5.74, 6) is 2.54. The number of rotatable bonds is 6. The summed E-state index contributed by atoms with van der Waals surface area (Å²) in [5.41, 5.74) is 1.73. The number of phenolic OH excluding ortho intramolecular Hbond substituents is 1. The van der Waals surface area contributed by atoms with Crippen molar-refractivity contribution < 1.29 is 14.6 Å². The van der Waals surface area contributed by atoms with Crippen molar-refractivity contribution in [2.24, 2.45) is 11.8 Å². The average molecular weight is 407 g/mol.